The van der Waals surface area contributed by atoms with Crippen molar-refractivity contribution in [2.24, 2.45) is 23.2 Å². The molecule has 2 aromatic carbocycles. The van der Waals surface area contributed by atoms with Gasteiger partial charge in [0.15, 0.2) is 0 Å². The summed E-state index contributed by atoms with van der Waals surface area (Å²) in [5.74, 6) is 0.312. The Labute approximate surface area is 196 Å². The molecule has 4 heteroatoms. The summed E-state index contributed by atoms with van der Waals surface area (Å²) in [7, 11) is 0. The average molecular weight is 446 g/mol. The second-order valence-electron chi connectivity index (χ2n) is 11.1. The summed E-state index contributed by atoms with van der Waals surface area (Å²) in [5, 5.41) is 13.2. The fourth-order valence-corrected chi connectivity index (χ4v) is 7.67. The molecule has 5 atom stereocenters. The molecule has 2 N–H and O–H groups in total. The Kier molecular flexibility index (Phi) is 5.58. The average Bonchev–Trinajstić information content (AvgIpc) is 3.18. The second-order valence-corrected chi connectivity index (χ2v) is 11.1. The highest BCUT2D eigenvalue weighted by Crippen LogP contribution is 2.64. The van der Waals surface area contributed by atoms with Crippen LogP contribution in [0.2, 0.25) is 0 Å². The van der Waals surface area contributed by atoms with Gasteiger partial charge in [-0.1, -0.05) is 54.6 Å². The molecule has 1 unspecified atom stereocenters. The number of fused-ring (bicyclic) bond motifs is 5. The number of aliphatic carboxylic acids is 1. The second kappa shape index (κ2) is 8.30. The van der Waals surface area contributed by atoms with Gasteiger partial charge >= 0.3 is 5.97 Å². The van der Waals surface area contributed by atoms with Crippen LogP contribution in [0.5, 0.6) is 0 Å². The molecule has 5 rings (SSSR count). The van der Waals surface area contributed by atoms with Crippen molar-refractivity contribution in [1.29, 1.82) is 0 Å². The van der Waals surface area contributed by atoms with E-state index in [0.717, 1.165) is 44.1 Å². The van der Waals surface area contributed by atoms with Crippen molar-refractivity contribution in [3.05, 3.63) is 71.3 Å². The third kappa shape index (κ3) is 3.78. The molecule has 1 amide bonds. The maximum Gasteiger partial charge on any atom is 0.303 e. The first kappa shape index (κ1) is 22.2. The highest BCUT2D eigenvalue weighted by Gasteiger charge is 2.60. The van der Waals surface area contributed by atoms with Crippen molar-refractivity contribution in [2.45, 2.75) is 70.3 Å². The molecule has 0 heterocycles. The fourth-order valence-electron chi connectivity index (χ4n) is 7.67. The Morgan fingerprint density at radius 2 is 1.73 bits per heavy atom. The van der Waals surface area contributed by atoms with Gasteiger partial charge < -0.3 is 10.4 Å². The number of nitrogens with one attached hydrogen (secondary N) is 1. The number of benzene rings is 2. The molecule has 4 nitrogen and oxygen atoms in total. The Bertz CT molecular complexity index is 1050. The maximum absolute atomic E-state index is 13.7. The number of carboxylic acid groups (broad SMARTS) is 1. The van der Waals surface area contributed by atoms with Crippen LogP contribution in [0.25, 0.3) is 0 Å². The fraction of sp³-hybridized carbons (Fsp3) is 0.517. The molecule has 0 aliphatic heterocycles. The number of carboxylic acids is 1. The zero-order chi connectivity index (χ0) is 23.2. The van der Waals surface area contributed by atoms with Crippen LogP contribution in [0.3, 0.4) is 0 Å². The van der Waals surface area contributed by atoms with E-state index < -0.39 is 16.9 Å². The molecular weight excluding hydrogens is 410 g/mol. The maximum atomic E-state index is 13.7. The molecule has 3 aliphatic rings. The summed E-state index contributed by atoms with van der Waals surface area (Å²) in [6.45, 7) is 4.07. The van der Waals surface area contributed by atoms with Gasteiger partial charge in [-0.2, -0.15) is 0 Å². The van der Waals surface area contributed by atoms with E-state index >= 15 is 0 Å². The minimum absolute atomic E-state index is 0.0299. The van der Waals surface area contributed by atoms with Crippen LogP contribution in [0.4, 0.5) is 0 Å². The quantitative estimate of drug-likeness (QED) is 0.624. The number of carbonyl (C=O) groups excluding carboxylic acids is 1. The summed E-state index contributed by atoms with van der Waals surface area (Å²) in [6, 6.07) is 18.8. The molecule has 0 saturated heterocycles. The normalized spacial score (nSPS) is 30.6. The largest absolute Gasteiger partial charge is 0.481 e. The van der Waals surface area contributed by atoms with E-state index in [0.29, 0.717) is 17.8 Å². The van der Waals surface area contributed by atoms with Crippen LogP contribution >= 0.6 is 0 Å². The molecule has 0 spiro atoms. The van der Waals surface area contributed by atoms with Gasteiger partial charge in [0.05, 0.1) is 12.0 Å². The summed E-state index contributed by atoms with van der Waals surface area (Å²) < 4.78 is 0. The van der Waals surface area contributed by atoms with Crippen molar-refractivity contribution < 1.29 is 14.7 Å². The smallest absolute Gasteiger partial charge is 0.303 e. The van der Waals surface area contributed by atoms with Gasteiger partial charge in [-0.05, 0) is 92.2 Å². The standard InChI is InChI=1S/C29H35NO3/c1-28(2,20-9-4-3-5-10-20)30-27(33)25-15-14-24-23-13-12-19-8-6-7-11-21(19)22(23)16-17-29(24,25)18-26(31)32/h3-11,22-25H,12-18H2,1-2H3,(H,30,33)(H,31,32)/t22-,23-,24+,25?,29-/m1/s1. The van der Waals surface area contributed by atoms with Crippen molar-refractivity contribution in [1.82, 2.24) is 5.32 Å². The number of carbonyl (C=O) groups is 2. The van der Waals surface area contributed by atoms with Crippen LogP contribution in [0.1, 0.15) is 75.0 Å². The Hall–Kier alpha value is -2.62. The van der Waals surface area contributed by atoms with Crippen molar-refractivity contribution in [2.75, 3.05) is 0 Å². The highest BCUT2D eigenvalue weighted by molar-refractivity contribution is 5.82. The molecule has 0 radical (unpaired) electrons. The lowest BCUT2D eigenvalue weighted by atomic mass is 9.52. The van der Waals surface area contributed by atoms with Crippen molar-refractivity contribution in [3.8, 4) is 0 Å². The predicted octanol–water partition coefficient (Wildman–Crippen LogP) is 5.67. The van der Waals surface area contributed by atoms with E-state index in [9.17, 15) is 14.7 Å². The predicted molar refractivity (Wildman–Crippen MR) is 129 cm³/mol. The molecule has 33 heavy (non-hydrogen) atoms. The molecule has 2 saturated carbocycles. The van der Waals surface area contributed by atoms with Crippen molar-refractivity contribution in [3.63, 3.8) is 0 Å². The van der Waals surface area contributed by atoms with Crippen LogP contribution in [-0.4, -0.2) is 17.0 Å². The molecule has 2 fully saturated rings. The third-order valence-corrected chi connectivity index (χ3v) is 9.08. The van der Waals surface area contributed by atoms with E-state index in [1.54, 1.807) is 0 Å². The highest BCUT2D eigenvalue weighted by atomic mass is 16.4. The van der Waals surface area contributed by atoms with Crippen LogP contribution in [-0.2, 0) is 21.5 Å². The Morgan fingerprint density at radius 1 is 1.00 bits per heavy atom. The van der Waals surface area contributed by atoms with E-state index in [4.69, 9.17) is 0 Å². The topological polar surface area (TPSA) is 66.4 Å². The van der Waals surface area contributed by atoms with E-state index in [1.165, 1.54) is 11.1 Å². The van der Waals surface area contributed by atoms with E-state index in [-0.39, 0.29) is 18.2 Å². The first-order chi connectivity index (χ1) is 15.8. The third-order valence-electron chi connectivity index (χ3n) is 9.08. The zero-order valence-corrected chi connectivity index (χ0v) is 19.7. The van der Waals surface area contributed by atoms with Crippen LogP contribution in [0.15, 0.2) is 54.6 Å². The van der Waals surface area contributed by atoms with Gasteiger partial charge in [-0.25, -0.2) is 0 Å². The Balaban J connectivity index is 1.44. The van der Waals surface area contributed by atoms with Crippen LogP contribution in [0, 0.1) is 23.2 Å². The number of hydrogen-bond donors (Lipinski definition) is 2. The minimum Gasteiger partial charge on any atom is -0.481 e. The number of amides is 1. The summed E-state index contributed by atoms with van der Waals surface area (Å²) in [5.41, 5.74) is 3.06. The lowest BCUT2D eigenvalue weighted by Gasteiger charge is -2.52. The molecule has 2 aromatic rings. The summed E-state index contributed by atoms with van der Waals surface area (Å²) in [6.07, 6.45) is 5.83. The molecule has 3 aliphatic carbocycles. The van der Waals surface area contributed by atoms with Gasteiger partial charge in [0.1, 0.15) is 0 Å². The molecule has 174 valence electrons. The van der Waals surface area contributed by atoms with Gasteiger partial charge in [0, 0.05) is 5.92 Å². The lowest BCUT2D eigenvalue weighted by molar-refractivity contribution is -0.146. The monoisotopic (exact) mass is 445 g/mol. The number of rotatable bonds is 5. The van der Waals surface area contributed by atoms with E-state index in [1.807, 2.05) is 44.2 Å². The number of aryl methyl sites for hydroxylation is 1. The first-order valence-electron chi connectivity index (χ1n) is 12.5. The minimum atomic E-state index is -0.767. The lowest BCUT2D eigenvalue weighted by Crippen LogP contribution is -2.51. The van der Waals surface area contributed by atoms with Gasteiger partial charge in [-0.15, -0.1) is 0 Å². The van der Waals surface area contributed by atoms with Gasteiger partial charge in [-0.3, -0.25) is 9.59 Å². The van der Waals surface area contributed by atoms with Crippen molar-refractivity contribution >= 4 is 11.9 Å². The van der Waals surface area contributed by atoms with Gasteiger partial charge in [0.25, 0.3) is 0 Å². The zero-order valence-electron chi connectivity index (χ0n) is 19.7. The first-order valence-corrected chi connectivity index (χ1v) is 12.5. The number of hydrogen-bond acceptors (Lipinski definition) is 2. The SMILES string of the molecule is CC(C)(NC(=O)C1CC[C@H]2[C@@H]3CCc4ccccc4[C@H]3CC[C@]12CC(=O)O)c1ccccc1. The molecular formula is C29H35NO3. The Morgan fingerprint density at radius 3 is 2.48 bits per heavy atom. The molecule has 0 bridgehead atoms. The summed E-state index contributed by atoms with van der Waals surface area (Å²) in [4.78, 5) is 25.8. The van der Waals surface area contributed by atoms with Gasteiger partial charge in [0.2, 0.25) is 5.91 Å². The summed E-state index contributed by atoms with van der Waals surface area (Å²) >= 11 is 0. The van der Waals surface area contributed by atoms with E-state index in [2.05, 4.69) is 29.6 Å². The molecule has 0 aromatic heterocycles. The van der Waals surface area contributed by atoms with Crippen LogP contribution < -0.4 is 5.32 Å².